The van der Waals surface area contributed by atoms with Gasteiger partial charge in [0.25, 0.3) is 0 Å². The van der Waals surface area contributed by atoms with Crippen LogP contribution < -0.4 is 9.47 Å². The Labute approximate surface area is 159 Å². The zero-order chi connectivity index (χ0) is 20.2. The van der Waals surface area contributed by atoms with Gasteiger partial charge < -0.3 is 24.2 Å². The van der Waals surface area contributed by atoms with E-state index in [9.17, 15) is 14.7 Å². The third-order valence-electron chi connectivity index (χ3n) is 4.19. The van der Waals surface area contributed by atoms with Crippen LogP contribution in [0.1, 0.15) is 49.5 Å². The van der Waals surface area contributed by atoms with Crippen LogP contribution in [0.4, 0.5) is 4.79 Å². The molecule has 27 heavy (non-hydrogen) atoms. The van der Waals surface area contributed by atoms with Crippen molar-refractivity contribution >= 4 is 18.1 Å². The number of piperidine rings is 1. The lowest BCUT2D eigenvalue weighted by Gasteiger charge is -2.31. The fourth-order valence-electron chi connectivity index (χ4n) is 2.90. The van der Waals surface area contributed by atoms with Gasteiger partial charge >= 0.3 is 12.1 Å². The minimum Gasteiger partial charge on any atom is -0.497 e. The van der Waals surface area contributed by atoms with Crippen LogP contribution >= 0.6 is 0 Å². The van der Waals surface area contributed by atoms with Crippen LogP contribution in [0.15, 0.2) is 17.7 Å². The van der Waals surface area contributed by atoms with Crippen molar-refractivity contribution in [1.29, 1.82) is 0 Å². The smallest absolute Gasteiger partial charge is 0.410 e. The summed E-state index contributed by atoms with van der Waals surface area (Å²) < 4.78 is 15.9. The molecule has 1 aromatic rings. The Balaban J connectivity index is 2.21. The predicted molar refractivity (Wildman–Crippen MR) is 102 cm³/mol. The molecule has 1 aliphatic heterocycles. The quantitative estimate of drug-likeness (QED) is 0.859. The molecule has 2 rings (SSSR count). The van der Waals surface area contributed by atoms with Crippen molar-refractivity contribution in [3.8, 4) is 11.5 Å². The predicted octanol–water partition coefficient (Wildman–Crippen LogP) is 3.82. The van der Waals surface area contributed by atoms with Gasteiger partial charge in [0.15, 0.2) is 0 Å². The normalized spacial score (nSPS) is 14.6. The van der Waals surface area contributed by atoms with E-state index < -0.39 is 11.6 Å². The van der Waals surface area contributed by atoms with E-state index in [0.717, 1.165) is 5.57 Å². The van der Waals surface area contributed by atoms with Gasteiger partial charge in [0.1, 0.15) is 22.7 Å². The molecule has 1 amide bonds. The summed E-state index contributed by atoms with van der Waals surface area (Å²) in [6.07, 6.45) is 2.83. The van der Waals surface area contributed by atoms with E-state index in [0.29, 0.717) is 37.2 Å². The Morgan fingerprint density at radius 2 is 1.74 bits per heavy atom. The average molecular weight is 377 g/mol. The van der Waals surface area contributed by atoms with E-state index in [1.165, 1.54) is 14.2 Å². The second-order valence-electron chi connectivity index (χ2n) is 7.37. The Morgan fingerprint density at radius 3 is 2.22 bits per heavy atom. The topological polar surface area (TPSA) is 85.3 Å². The highest BCUT2D eigenvalue weighted by Crippen LogP contribution is 2.32. The van der Waals surface area contributed by atoms with Gasteiger partial charge in [-0.15, -0.1) is 0 Å². The molecule has 0 unspecified atom stereocenters. The number of likely N-dealkylation sites (tertiary alicyclic amines) is 1. The Bertz CT molecular complexity index is 738. The Kier molecular flexibility index (Phi) is 6.36. The molecule has 0 saturated carbocycles. The van der Waals surface area contributed by atoms with E-state index >= 15 is 0 Å². The molecule has 0 aliphatic carbocycles. The van der Waals surface area contributed by atoms with Crippen LogP contribution in [0.25, 0.3) is 6.08 Å². The molecule has 1 heterocycles. The highest BCUT2D eigenvalue weighted by atomic mass is 16.6. The summed E-state index contributed by atoms with van der Waals surface area (Å²) in [5, 5.41) is 9.57. The zero-order valence-corrected chi connectivity index (χ0v) is 16.5. The fraction of sp³-hybridized carbons (Fsp3) is 0.500. The summed E-state index contributed by atoms with van der Waals surface area (Å²) >= 11 is 0. The molecule has 0 spiro atoms. The van der Waals surface area contributed by atoms with E-state index in [1.807, 2.05) is 26.8 Å². The summed E-state index contributed by atoms with van der Waals surface area (Å²) in [5.74, 6) is -0.290. The second-order valence-corrected chi connectivity index (χ2v) is 7.37. The lowest BCUT2D eigenvalue weighted by atomic mass is 9.97. The summed E-state index contributed by atoms with van der Waals surface area (Å²) in [4.78, 5) is 25.5. The molecule has 148 valence electrons. The number of rotatable bonds is 4. The third kappa shape index (κ3) is 5.39. The van der Waals surface area contributed by atoms with E-state index in [4.69, 9.17) is 14.2 Å². The van der Waals surface area contributed by atoms with E-state index in [-0.39, 0.29) is 17.4 Å². The SMILES string of the molecule is COc1cc(C=C2CCN(C(=O)OC(C)(C)C)CC2)c(C(=O)O)c(OC)c1. The van der Waals surface area contributed by atoms with Gasteiger partial charge in [-0.2, -0.15) is 0 Å². The van der Waals surface area contributed by atoms with Crippen LogP contribution in [0.3, 0.4) is 0 Å². The van der Waals surface area contributed by atoms with Crippen molar-refractivity contribution in [1.82, 2.24) is 4.90 Å². The number of methoxy groups -OCH3 is 2. The zero-order valence-electron chi connectivity index (χ0n) is 16.5. The van der Waals surface area contributed by atoms with Crippen molar-refractivity contribution in [2.24, 2.45) is 0 Å². The minimum absolute atomic E-state index is 0.0976. The van der Waals surface area contributed by atoms with Gasteiger partial charge in [-0.1, -0.05) is 11.6 Å². The number of carbonyl (C=O) groups is 2. The largest absolute Gasteiger partial charge is 0.497 e. The van der Waals surface area contributed by atoms with Gasteiger partial charge in [-0.25, -0.2) is 9.59 Å². The molecule has 7 heteroatoms. The summed E-state index contributed by atoms with van der Waals surface area (Å²) in [5.41, 5.74) is 1.16. The van der Waals surface area contributed by atoms with Crippen molar-refractivity contribution < 1.29 is 28.9 Å². The van der Waals surface area contributed by atoms with Crippen molar-refractivity contribution in [2.45, 2.75) is 39.2 Å². The van der Waals surface area contributed by atoms with E-state index in [2.05, 4.69) is 0 Å². The lowest BCUT2D eigenvalue weighted by Crippen LogP contribution is -2.40. The average Bonchev–Trinajstić information content (AvgIpc) is 2.59. The molecule has 0 radical (unpaired) electrons. The maximum atomic E-state index is 12.2. The van der Waals surface area contributed by atoms with Gasteiger partial charge in [0, 0.05) is 19.2 Å². The molecule has 1 fully saturated rings. The molecule has 7 nitrogen and oxygen atoms in total. The minimum atomic E-state index is -1.06. The number of carboxylic acids is 1. The van der Waals surface area contributed by atoms with Crippen LogP contribution in [0.5, 0.6) is 11.5 Å². The van der Waals surface area contributed by atoms with Gasteiger partial charge in [-0.05, 0) is 45.2 Å². The molecule has 1 N–H and O–H groups in total. The molecule has 1 aromatic carbocycles. The van der Waals surface area contributed by atoms with E-state index in [1.54, 1.807) is 17.0 Å². The maximum Gasteiger partial charge on any atom is 0.410 e. The summed E-state index contributed by atoms with van der Waals surface area (Å²) in [6.45, 7) is 6.58. The van der Waals surface area contributed by atoms with Crippen molar-refractivity contribution in [3.05, 3.63) is 28.8 Å². The number of hydrogen-bond acceptors (Lipinski definition) is 5. The summed E-state index contributed by atoms with van der Waals surface area (Å²) in [6, 6.07) is 3.23. The molecule has 1 aliphatic rings. The Hall–Kier alpha value is -2.70. The first-order chi connectivity index (χ1) is 12.6. The standard InChI is InChI=1S/C20H27NO6/c1-20(2,3)27-19(24)21-8-6-13(7-9-21)10-14-11-15(25-4)12-16(26-5)17(14)18(22)23/h10-12H,6-9H2,1-5H3,(H,22,23). The molecule has 1 saturated heterocycles. The number of amides is 1. The maximum absolute atomic E-state index is 12.2. The Morgan fingerprint density at radius 1 is 1.11 bits per heavy atom. The van der Waals surface area contributed by atoms with Crippen molar-refractivity contribution in [2.75, 3.05) is 27.3 Å². The van der Waals surface area contributed by atoms with Crippen LogP contribution in [-0.4, -0.2) is 55.0 Å². The van der Waals surface area contributed by atoms with Gasteiger partial charge in [-0.3, -0.25) is 0 Å². The fourth-order valence-corrected chi connectivity index (χ4v) is 2.90. The van der Waals surface area contributed by atoms with Crippen LogP contribution in [0.2, 0.25) is 0 Å². The molecule has 0 aromatic heterocycles. The number of nitrogens with zero attached hydrogens (tertiary/aromatic N) is 1. The summed E-state index contributed by atoms with van der Waals surface area (Å²) in [7, 11) is 2.95. The monoisotopic (exact) mass is 377 g/mol. The first-order valence-electron chi connectivity index (χ1n) is 8.81. The molecular formula is C20H27NO6. The van der Waals surface area contributed by atoms with Crippen LogP contribution in [0, 0.1) is 0 Å². The van der Waals surface area contributed by atoms with Gasteiger partial charge in [0.05, 0.1) is 14.2 Å². The first-order valence-corrected chi connectivity index (χ1v) is 8.81. The molecular weight excluding hydrogens is 350 g/mol. The van der Waals surface area contributed by atoms with Gasteiger partial charge in [0.2, 0.25) is 0 Å². The number of hydrogen-bond donors (Lipinski definition) is 1. The number of carbonyl (C=O) groups excluding carboxylic acids is 1. The first kappa shape index (κ1) is 20.6. The third-order valence-corrected chi connectivity index (χ3v) is 4.19. The number of ether oxygens (including phenoxy) is 3. The number of aromatic carboxylic acids is 1. The number of carboxylic acid groups (broad SMARTS) is 1. The van der Waals surface area contributed by atoms with Crippen molar-refractivity contribution in [3.63, 3.8) is 0 Å². The molecule has 0 bridgehead atoms. The highest BCUT2D eigenvalue weighted by molar-refractivity contribution is 5.96. The highest BCUT2D eigenvalue weighted by Gasteiger charge is 2.25. The van der Waals surface area contributed by atoms with Crippen LogP contribution in [-0.2, 0) is 4.74 Å². The molecule has 0 atom stereocenters. The second kappa shape index (κ2) is 8.33. The lowest BCUT2D eigenvalue weighted by molar-refractivity contribution is 0.0236. The number of benzene rings is 1.